The molecule has 31 heavy (non-hydrogen) atoms. The van der Waals surface area contributed by atoms with Crippen molar-refractivity contribution in [1.82, 2.24) is 9.97 Å². The highest BCUT2D eigenvalue weighted by molar-refractivity contribution is 6.31. The van der Waals surface area contributed by atoms with Crippen LogP contribution in [0.4, 0.5) is 17.2 Å². The number of nitrogens with zero attached hydrogens (tertiary/aromatic N) is 4. The van der Waals surface area contributed by atoms with Crippen LogP contribution < -0.4 is 25.0 Å². The number of rotatable bonds is 5. The summed E-state index contributed by atoms with van der Waals surface area (Å²) < 4.78 is 11.0. The fourth-order valence-corrected chi connectivity index (χ4v) is 4.38. The molecule has 2 aliphatic rings. The number of fused-ring (bicyclic) bond motifs is 1. The topological polar surface area (TPSA) is 76.7 Å². The Bertz CT molecular complexity index is 1130. The van der Waals surface area contributed by atoms with Gasteiger partial charge in [0.2, 0.25) is 0 Å². The predicted octanol–water partition coefficient (Wildman–Crippen LogP) is 4.09. The van der Waals surface area contributed by atoms with Crippen molar-refractivity contribution in [2.75, 3.05) is 55.9 Å². The Morgan fingerprint density at radius 1 is 0.935 bits per heavy atom. The second-order valence-corrected chi connectivity index (χ2v) is 8.52. The molecule has 0 unspecified atom stereocenters. The quantitative estimate of drug-likeness (QED) is 0.600. The van der Waals surface area contributed by atoms with Gasteiger partial charge in [0.25, 0.3) is 0 Å². The molecule has 2 heterocycles. The summed E-state index contributed by atoms with van der Waals surface area (Å²) in [4.78, 5) is 14.5. The molecule has 3 aromatic rings. The molecule has 1 aliphatic carbocycles. The van der Waals surface area contributed by atoms with E-state index in [-0.39, 0.29) is 0 Å². The Kier molecular flexibility index (Phi) is 5.14. The van der Waals surface area contributed by atoms with Crippen molar-refractivity contribution in [3.8, 4) is 11.5 Å². The van der Waals surface area contributed by atoms with Crippen molar-refractivity contribution in [3.63, 3.8) is 0 Å². The Balaban J connectivity index is 1.48. The van der Waals surface area contributed by atoms with Gasteiger partial charge in [-0.3, -0.25) is 0 Å². The zero-order valence-corrected chi connectivity index (χ0v) is 18.5. The minimum absolute atomic E-state index is 0.464. The van der Waals surface area contributed by atoms with Crippen molar-refractivity contribution in [2.45, 2.75) is 18.8 Å². The molecule has 0 atom stereocenters. The van der Waals surface area contributed by atoms with E-state index in [1.165, 1.54) is 0 Å². The van der Waals surface area contributed by atoms with Crippen molar-refractivity contribution in [1.29, 1.82) is 0 Å². The summed E-state index contributed by atoms with van der Waals surface area (Å²) in [5, 5.41) is 1.64. The number of hydrogen-bond donors (Lipinski definition) is 1. The molecule has 0 spiro atoms. The zero-order valence-electron chi connectivity index (χ0n) is 17.8. The normalized spacial score (nSPS) is 16.6. The van der Waals surface area contributed by atoms with E-state index >= 15 is 0 Å². The Morgan fingerprint density at radius 2 is 1.61 bits per heavy atom. The molecule has 2 aromatic carbocycles. The molecule has 8 heteroatoms. The van der Waals surface area contributed by atoms with Crippen LogP contribution in [0.1, 0.15) is 24.6 Å². The monoisotopic (exact) mass is 439 g/mol. The van der Waals surface area contributed by atoms with Gasteiger partial charge < -0.3 is 25.0 Å². The highest BCUT2D eigenvalue weighted by Crippen LogP contribution is 2.42. The number of nitrogen functional groups attached to an aromatic ring is 1. The standard InChI is InChI=1S/C23H26ClN5O2/c1-30-20-12-16-18(13-21(20)31-2)26-22(14-3-4-14)27-23(16)29-9-7-28(8-10-29)19-6-5-15(24)11-17(19)25/h5-6,11-14H,3-4,7-10,25H2,1-2H3. The molecule has 2 fully saturated rings. The Labute approximate surface area is 186 Å². The van der Waals surface area contributed by atoms with Crippen molar-refractivity contribution in [3.05, 3.63) is 41.2 Å². The van der Waals surface area contributed by atoms with E-state index in [2.05, 4.69) is 9.80 Å². The molecule has 7 nitrogen and oxygen atoms in total. The molecule has 5 rings (SSSR count). The van der Waals surface area contributed by atoms with Gasteiger partial charge >= 0.3 is 0 Å². The maximum Gasteiger partial charge on any atom is 0.162 e. The highest BCUT2D eigenvalue weighted by Gasteiger charge is 2.30. The van der Waals surface area contributed by atoms with Gasteiger partial charge in [0, 0.05) is 48.6 Å². The molecular weight excluding hydrogens is 414 g/mol. The Morgan fingerprint density at radius 3 is 2.26 bits per heavy atom. The van der Waals surface area contributed by atoms with E-state index in [1.54, 1.807) is 14.2 Å². The van der Waals surface area contributed by atoms with Gasteiger partial charge in [0.05, 0.1) is 31.1 Å². The number of aromatic nitrogens is 2. The number of piperazine rings is 1. The van der Waals surface area contributed by atoms with E-state index in [0.717, 1.165) is 67.3 Å². The van der Waals surface area contributed by atoms with Gasteiger partial charge in [-0.2, -0.15) is 0 Å². The molecular formula is C23H26ClN5O2. The van der Waals surface area contributed by atoms with E-state index in [0.29, 0.717) is 28.1 Å². The lowest BCUT2D eigenvalue weighted by Gasteiger charge is -2.37. The lowest BCUT2D eigenvalue weighted by Crippen LogP contribution is -2.47. The van der Waals surface area contributed by atoms with E-state index < -0.39 is 0 Å². The summed E-state index contributed by atoms with van der Waals surface area (Å²) in [5.41, 5.74) is 8.84. The number of nitrogens with two attached hydrogens (primary N) is 1. The number of anilines is 3. The van der Waals surface area contributed by atoms with Crippen LogP contribution in [0.3, 0.4) is 0 Å². The lowest BCUT2D eigenvalue weighted by molar-refractivity contribution is 0.355. The minimum atomic E-state index is 0.464. The van der Waals surface area contributed by atoms with Crippen LogP contribution in [0.2, 0.25) is 5.02 Å². The van der Waals surface area contributed by atoms with Crippen LogP contribution in [0.15, 0.2) is 30.3 Å². The molecule has 0 amide bonds. The first kappa shape index (κ1) is 20.0. The molecule has 1 aliphatic heterocycles. The first-order valence-corrected chi connectivity index (χ1v) is 10.9. The van der Waals surface area contributed by atoms with Gasteiger partial charge in [-0.05, 0) is 37.1 Å². The van der Waals surface area contributed by atoms with E-state index in [9.17, 15) is 0 Å². The highest BCUT2D eigenvalue weighted by atomic mass is 35.5. The van der Waals surface area contributed by atoms with E-state index in [4.69, 9.17) is 36.8 Å². The minimum Gasteiger partial charge on any atom is -0.493 e. The summed E-state index contributed by atoms with van der Waals surface area (Å²) in [6.45, 7) is 3.38. The molecule has 1 saturated heterocycles. The number of benzene rings is 2. The van der Waals surface area contributed by atoms with Crippen molar-refractivity contribution < 1.29 is 9.47 Å². The molecule has 0 radical (unpaired) electrons. The van der Waals surface area contributed by atoms with Crippen LogP contribution in [-0.2, 0) is 0 Å². The summed E-state index contributed by atoms with van der Waals surface area (Å²) in [5.74, 6) is 3.73. The number of hydrogen-bond acceptors (Lipinski definition) is 7. The largest absolute Gasteiger partial charge is 0.493 e. The second kappa shape index (κ2) is 7.96. The van der Waals surface area contributed by atoms with Gasteiger partial charge in [0.1, 0.15) is 11.6 Å². The number of ether oxygens (including phenoxy) is 2. The van der Waals surface area contributed by atoms with Crippen LogP contribution in [-0.4, -0.2) is 50.4 Å². The molecule has 2 N–H and O–H groups in total. The molecule has 162 valence electrons. The third-order valence-corrected chi connectivity index (χ3v) is 6.29. The summed E-state index contributed by atoms with van der Waals surface area (Å²) in [6, 6.07) is 9.64. The fraction of sp³-hybridized carbons (Fsp3) is 0.391. The number of halogens is 1. The SMILES string of the molecule is COc1cc2nc(C3CC3)nc(N3CCN(c4ccc(Cl)cc4N)CC3)c2cc1OC. The summed E-state index contributed by atoms with van der Waals surface area (Å²) in [6.07, 6.45) is 2.31. The lowest BCUT2D eigenvalue weighted by atomic mass is 10.1. The smallest absolute Gasteiger partial charge is 0.162 e. The molecule has 1 aromatic heterocycles. The average molecular weight is 440 g/mol. The van der Waals surface area contributed by atoms with Gasteiger partial charge in [-0.15, -0.1) is 0 Å². The zero-order chi connectivity index (χ0) is 21.5. The van der Waals surface area contributed by atoms with Crippen LogP contribution in [0.25, 0.3) is 10.9 Å². The molecule has 0 bridgehead atoms. The van der Waals surface area contributed by atoms with Crippen molar-refractivity contribution >= 4 is 39.7 Å². The summed E-state index contributed by atoms with van der Waals surface area (Å²) in [7, 11) is 3.30. The van der Waals surface area contributed by atoms with Gasteiger partial charge in [0.15, 0.2) is 11.5 Å². The van der Waals surface area contributed by atoms with Crippen LogP contribution >= 0.6 is 11.6 Å². The van der Waals surface area contributed by atoms with Gasteiger partial charge in [-0.25, -0.2) is 9.97 Å². The van der Waals surface area contributed by atoms with Gasteiger partial charge in [-0.1, -0.05) is 11.6 Å². The fourth-order valence-electron chi connectivity index (χ4n) is 4.19. The maximum atomic E-state index is 6.21. The Hall–Kier alpha value is -2.93. The van der Waals surface area contributed by atoms with Crippen LogP contribution in [0.5, 0.6) is 11.5 Å². The third kappa shape index (κ3) is 3.78. The first-order chi connectivity index (χ1) is 15.1. The number of methoxy groups -OCH3 is 2. The molecule has 1 saturated carbocycles. The predicted molar refractivity (Wildman–Crippen MR) is 125 cm³/mol. The summed E-state index contributed by atoms with van der Waals surface area (Å²) >= 11 is 6.07. The average Bonchev–Trinajstić information content (AvgIpc) is 3.63. The van der Waals surface area contributed by atoms with E-state index in [1.807, 2.05) is 30.3 Å². The van der Waals surface area contributed by atoms with Crippen molar-refractivity contribution in [2.24, 2.45) is 0 Å². The second-order valence-electron chi connectivity index (χ2n) is 8.08. The third-order valence-electron chi connectivity index (χ3n) is 6.05. The van der Waals surface area contributed by atoms with Crippen LogP contribution in [0, 0.1) is 0 Å². The first-order valence-electron chi connectivity index (χ1n) is 10.6. The maximum absolute atomic E-state index is 6.21.